The average Bonchev–Trinajstić information content (AvgIpc) is 3.25. The van der Waals surface area contributed by atoms with E-state index in [1.165, 1.54) is 6.08 Å². The van der Waals surface area contributed by atoms with Gasteiger partial charge in [0.15, 0.2) is 0 Å². The van der Waals surface area contributed by atoms with Crippen LogP contribution in [0, 0.1) is 0 Å². The van der Waals surface area contributed by atoms with Gasteiger partial charge in [-0.25, -0.2) is 0 Å². The minimum Gasteiger partial charge on any atom is -0.497 e. The Hall–Kier alpha value is -3.51. The Kier molecular flexibility index (Phi) is 6.61. The lowest BCUT2D eigenvalue weighted by molar-refractivity contribution is -0.116. The predicted molar refractivity (Wildman–Crippen MR) is 124 cm³/mol. The second-order valence-corrected chi connectivity index (χ2v) is 7.72. The van der Waals surface area contributed by atoms with Crippen molar-refractivity contribution in [2.24, 2.45) is 0 Å². The fourth-order valence-electron chi connectivity index (χ4n) is 3.62. The van der Waals surface area contributed by atoms with Crippen LogP contribution in [0.1, 0.15) is 11.1 Å². The molecule has 7 heteroatoms. The third-order valence-electron chi connectivity index (χ3n) is 5.21. The summed E-state index contributed by atoms with van der Waals surface area (Å²) in [6.07, 6.45) is 7.05. The largest absolute Gasteiger partial charge is 0.497 e. The zero-order valence-electron chi connectivity index (χ0n) is 17.8. The number of amides is 1. The molecule has 0 saturated carbocycles. The number of nitrogens with zero attached hydrogens (tertiary/aromatic N) is 1. The van der Waals surface area contributed by atoms with E-state index < -0.39 is 0 Å². The lowest BCUT2D eigenvalue weighted by Gasteiger charge is -2.13. The summed E-state index contributed by atoms with van der Waals surface area (Å²) in [4.78, 5) is 16.1. The standard InChI is InChI=1S/C25H23ClN2O4/c1-30-19-4-5-23(31-2)21(14-19)17-11-18-12-20(32-25(18)22(26)13-17)15-28-24(29)6-3-16-7-9-27-10-8-16/h3-11,13-14,20H,12,15H2,1-2H3,(H,28,29)/b6-3+/t20-/m1/s1. The van der Waals surface area contributed by atoms with Gasteiger partial charge in [-0.2, -0.15) is 0 Å². The first-order valence-corrected chi connectivity index (χ1v) is 10.5. The van der Waals surface area contributed by atoms with Gasteiger partial charge in [0.05, 0.1) is 25.8 Å². The molecular weight excluding hydrogens is 428 g/mol. The Labute approximate surface area is 191 Å². The Morgan fingerprint density at radius 2 is 2.00 bits per heavy atom. The number of benzene rings is 2. The quantitative estimate of drug-likeness (QED) is 0.535. The van der Waals surface area contributed by atoms with E-state index in [0.717, 1.165) is 33.8 Å². The minimum atomic E-state index is -0.191. The van der Waals surface area contributed by atoms with Crippen molar-refractivity contribution in [3.63, 3.8) is 0 Å². The maximum absolute atomic E-state index is 12.2. The van der Waals surface area contributed by atoms with E-state index in [1.54, 1.807) is 32.7 Å². The molecule has 0 aliphatic carbocycles. The van der Waals surface area contributed by atoms with E-state index in [4.69, 9.17) is 25.8 Å². The van der Waals surface area contributed by atoms with Gasteiger partial charge < -0.3 is 19.5 Å². The lowest BCUT2D eigenvalue weighted by atomic mass is 9.99. The van der Waals surface area contributed by atoms with Gasteiger partial charge in [0.1, 0.15) is 23.4 Å². The molecule has 2 aromatic carbocycles. The van der Waals surface area contributed by atoms with Crippen LogP contribution in [0.4, 0.5) is 0 Å². The molecule has 164 valence electrons. The molecule has 1 N–H and O–H groups in total. The van der Waals surface area contributed by atoms with Crippen molar-refractivity contribution < 1.29 is 19.0 Å². The third kappa shape index (κ3) is 4.86. The van der Waals surface area contributed by atoms with Gasteiger partial charge >= 0.3 is 0 Å². The molecule has 2 heterocycles. The number of carbonyl (C=O) groups is 1. The van der Waals surface area contributed by atoms with Crippen LogP contribution in [0.5, 0.6) is 17.2 Å². The van der Waals surface area contributed by atoms with Crippen LogP contribution in [0.3, 0.4) is 0 Å². The van der Waals surface area contributed by atoms with Crippen molar-refractivity contribution in [2.45, 2.75) is 12.5 Å². The van der Waals surface area contributed by atoms with E-state index in [0.29, 0.717) is 23.7 Å². The highest BCUT2D eigenvalue weighted by Crippen LogP contribution is 2.42. The maximum atomic E-state index is 12.2. The fraction of sp³-hybridized carbons (Fsp3) is 0.200. The normalized spacial score (nSPS) is 14.7. The second kappa shape index (κ2) is 9.75. The van der Waals surface area contributed by atoms with Crippen LogP contribution in [0.2, 0.25) is 5.02 Å². The molecule has 0 bridgehead atoms. The summed E-state index contributed by atoms with van der Waals surface area (Å²) < 4.78 is 16.9. The number of hydrogen-bond donors (Lipinski definition) is 1. The number of methoxy groups -OCH3 is 2. The molecule has 0 fully saturated rings. The average molecular weight is 451 g/mol. The van der Waals surface area contributed by atoms with Crippen LogP contribution in [-0.4, -0.2) is 37.8 Å². The van der Waals surface area contributed by atoms with E-state index in [1.807, 2.05) is 42.5 Å². The number of nitrogens with one attached hydrogen (secondary N) is 1. The van der Waals surface area contributed by atoms with Gasteiger partial charge in [-0.3, -0.25) is 9.78 Å². The monoisotopic (exact) mass is 450 g/mol. The number of aromatic nitrogens is 1. The van der Waals surface area contributed by atoms with Crippen molar-refractivity contribution in [1.29, 1.82) is 0 Å². The molecule has 0 spiro atoms. The first kappa shape index (κ1) is 21.7. The molecule has 1 amide bonds. The van der Waals surface area contributed by atoms with Gasteiger partial charge in [0.25, 0.3) is 0 Å². The number of rotatable bonds is 7. The summed E-state index contributed by atoms with van der Waals surface area (Å²) in [5.41, 5.74) is 3.70. The Morgan fingerprint density at radius 3 is 2.75 bits per heavy atom. The van der Waals surface area contributed by atoms with Crippen LogP contribution in [-0.2, 0) is 11.2 Å². The lowest BCUT2D eigenvalue weighted by Crippen LogP contribution is -2.33. The third-order valence-corrected chi connectivity index (χ3v) is 5.49. The first-order valence-electron chi connectivity index (χ1n) is 10.1. The molecule has 1 aliphatic rings. The number of fused-ring (bicyclic) bond motifs is 1. The van der Waals surface area contributed by atoms with Gasteiger partial charge in [0, 0.05) is 36.0 Å². The van der Waals surface area contributed by atoms with Crippen molar-refractivity contribution in [3.8, 4) is 28.4 Å². The van der Waals surface area contributed by atoms with E-state index in [2.05, 4.69) is 10.3 Å². The molecule has 6 nitrogen and oxygen atoms in total. The Bertz CT molecular complexity index is 1150. The van der Waals surface area contributed by atoms with Crippen molar-refractivity contribution in [3.05, 3.63) is 77.1 Å². The molecular formula is C25H23ClN2O4. The van der Waals surface area contributed by atoms with Gasteiger partial charge in [0.2, 0.25) is 5.91 Å². The summed E-state index contributed by atoms with van der Waals surface area (Å²) in [6, 6.07) is 13.2. The van der Waals surface area contributed by atoms with Crippen molar-refractivity contribution in [1.82, 2.24) is 10.3 Å². The van der Waals surface area contributed by atoms with Crippen LogP contribution < -0.4 is 19.5 Å². The summed E-state index contributed by atoms with van der Waals surface area (Å²) in [5, 5.41) is 3.40. The predicted octanol–water partition coefficient (Wildman–Crippen LogP) is 4.55. The summed E-state index contributed by atoms with van der Waals surface area (Å²) in [6.45, 7) is 0.377. The van der Waals surface area contributed by atoms with Gasteiger partial charge in [-0.05, 0) is 59.7 Å². The number of pyridine rings is 1. The van der Waals surface area contributed by atoms with Crippen LogP contribution >= 0.6 is 11.6 Å². The molecule has 0 saturated heterocycles. The number of carbonyl (C=O) groups excluding carboxylic acids is 1. The van der Waals surface area contributed by atoms with E-state index in [9.17, 15) is 4.79 Å². The summed E-state index contributed by atoms with van der Waals surface area (Å²) in [5.74, 6) is 1.93. The second-order valence-electron chi connectivity index (χ2n) is 7.32. The highest BCUT2D eigenvalue weighted by molar-refractivity contribution is 6.32. The highest BCUT2D eigenvalue weighted by atomic mass is 35.5. The first-order chi connectivity index (χ1) is 15.6. The molecule has 0 unspecified atom stereocenters. The van der Waals surface area contributed by atoms with Crippen molar-refractivity contribution in [2.75, 3.05) is 20.8 Å². The molecule has 1 aromatic heterocycles. The van der Waals surface area contributed by atoms with E-state index >= 15 is 0 Å². The van der Waals surface area contributed by atoms with E-state index in [-0.39, 0.29) is 12.0 Å². The SMILES string of the molecule is COc1ccc(OC)c(-c2cc(Cl)c3c(c2)C[C@H](CNC(=O)/C=C/c2ccncc2)O3)c1. The topological polar surface area (TPSA) is 69.7 Å². The van der Waals surface area contributed by atoms with Crippen molar-refractivity contribution >= 4 is 23.6 Å². The summed E-state index contributed by atoms with van der Waals surface area (Å²) in [7, 11) is 3.26. The fourth-order valence-corrected chi connectivity index (χ4v) is 3.90. The maximum Gasteiger partial charge on any atom is 0.244 e. The van der Waals surface area contributed by atoms with Gasteiger partial charge in [-0.15, -0.1) is 0 Å². The number of hydrogen-bond acceptors (Lipinski definition) is 5. The molecule has 0 radical (unpaired) electrons. The zero-order chi connectivity index (χ0) is 22.5. The molecule has 1 atom stereocenters. The van der Waals surface area contributed by atoms with Gasteiger partial charge in [-0.1, -0.05) is 11.6 Å². The zero-order valence-corrected chi connectivity index (χ0v) is 18.6. The minimum absolute atomic E-state index is 0.186. The number of halogens is 1. The molecule has 4 rings (SSSR count). The number of ether oxygens (including phenoxy) is 3. The molecule has 3 aromatic rings. The van der Waals surface area contributed by atoms with Crippen LogP contribution in [0.15, 0.2) is 60.9 Å². The molecule has 32 heavy (non-hydrogen) atoms. The Balaban J connectivity index is 1.45. The molecule has 1 aliphatic heterocycles. The Morgan fingerprint density at radius 1 is 1.19 bits per heavy atom. The smallest absolute Gasteiger partial charge is 0.244 e. The van der Waals surface area contributed by atoms with Crippen LogP contribution in [0.25, 0.3) is 17.2 Å². The summed E-state index contributed by atoms with van der Waals surface area (Å²) >= 11 is 6.54. The highest BCUT2D eigenvalue weighted by Gasteiger charge is 2.26.